The highest BCUT2D eigenvalue weighted by Gasteiger charge is 2.60. The van der Waals surface area contributed by atoms with Crippen LogP contribution in [0.2, 0.25) is 0 Å². The van der Waals surface area contributed by atoms with Crippen molar-refractivity contribution in [2.75, 3.05) is 0 Å². The van der Waals surface area contributed by atoms with Crippen molar-refractivity contribution < 1.29 is 9.53 Å². The van der Waals surface area contributed by atoms with Gasteiger partial charge in [-0.25, -0.2) is 0 Å². The van der Waals surface area contributed by atoms with E-state index in [0.717, 1.165) is 30.1 Å². The van der Waals surface area contributed by atoms with Crippen LogP contribution in [0.15, 0.2) is 11.6 Å². The van der Waals surface area contributed by atoms with Crippen molar-refractivity contribution in [1.82, 2.24) is 0 Å². The van der Waals surface area contributed by atoms with Crippen molar-refractivity contribution in [2.24, 2.45) is 34.5 Å². The second-order valence-corrected chi connectivity index (χ2v) is 9.84. The fraction of sp³-hybridized carbons (Fsp3) is 0.864. The van der Waals surface area contributed by atoms with Gasteiger partial charge in [0.15, 0.2) is 0 Å². The minimum atomic E-state index is -0.0902. The van der Waals surface area contributed by atoms with E-state index in [-0.39, 0.29) is 17.5 Å². The van der Waals surface area contributed by atoms with Gasteiger partial charge in [0.1, 0.15) is 6.10 Å². The lowest BCUT2D eigenvalue weighted by atomic mass is 9.45. The minimum absolute atomic E-state index is 0.0902. The minimum Gasteiger partial charge on any atom is -0.462 e. The molecule has 4 aliphatic rings. The number of carbonyl (C=O) groups is 1. The lowest BCUT2D eigenvalue weighted by Gasteiger charge is -2.59. The molecule has 134 valence electrons. The van der Waals surface area contributed by atoms with E-state index in [9.17, 15) is 4.79 Å². The number of hydrogen-bond donors (Lipinski definition) is 0. The van der Waals surface area contributed by atoms with Crippen LogP contribution in [-0.4, -0.2) is 12.1 Å². The Hall–Kier alpha value is -0.790. The third kappa shape index (κ3) is 2.31. The Kier molecular flexibility index (Phi) is 3.89. The number of allylic oxidation sites excluding steroid dienone is 2. The SMILES string of the molecule is CC(=O)O[C@H]1CC[C@@H]2[C@H]3CC[C@H]4CC(C)=CC[C@]4(C)[C@H]3CC[C@]12C. The van der Waals surface area contributed by atoms with Crippen molar-refractivity contribution >= 4 is 5.97 Å². The van der Waals surface area contributed by atoms with Crippen molar-refractivity contribution in [1.29, 1.82) is 0 Å². The highest BCUT2D eigenvalue weighted by Crippen LogP contribution is 2.66. The van der Waals surface area contributed by atoms with Crippen LogP contribution in [0.3, 0.4) is 0 Å². The van der Waals surface area contributed by atoms with Crippen LogP contribution in [0.4, 0.5) is 0 Å². The summed E-state index contributed by atoms with van der Waals surface area (Å²) in [6.45, 7) is 8.92. The number of rotatable bonds is 1. The van der Waals surface area contributed by atoms with Crippen LogP contribution < -0.4 is 0 Å². The molecule has 7 atom stereocenters. The van der Waals surface area contributed by atoms with Crippen molar-refractivity contribution in [3.8, 4) is 0 Å². The highest BCUT2D eigenvalue weighted by molar-refractivity contribution is 5.66. The molecule has 0 bridgehead atoms. The fourth-order valence-corrected chi connectivity index (χ4v) is 7.40. The second kappa shape index (κ2) is 5.61. The number of esters is 1. The Morgan fingerprint density at radius 3 is 2.58 bits per heavy atom. The maximum absolute atomic E-state index is 11.5. The standard InChI is InChI=1S/C22H34O2/c1-14-9-11-21(3)16(13-14)5-6-17-18-7-8-20(24-15(2)23)22(18,4)12-10-19(17)21/h9,16-20H,5-8,10-13H2,1-4H3/t16-,17+,18+,19-,20-,21-,22-/m0/s1. The van der Waals surface area contributed by atoms with E-state index in [0.29, 0.717) is 5.41 Å². The zero-order valence-electron chi connectivity index (χ0n) is 15.9. The smallest absolute Gasteiger partial charge is 0.302 e. The third-order valence-corrected chi connectivity index (χ3v) is 8.75. The molecule has 0 aromatic rings. The van der Waals surface area contributed by atoms with Crippen LogP contribution >= 0.6 is 0 Å². The Labute approximate surface area is 147 Å². The number of carbonyl (C=O) groups excluding carboxylic acids is 1. The molecule has 0 amide bonds. The van der Waals surface area contributed by atoms with E-state index in [2.05, 4.69) is 26.8 Å². The maximum atomic E-state index is 11.5. The molecule has 0 unspecified atom stereocenters. The molecule has 0 heterocycles. The van der Waals surface area contributed by atoms with Gasteiger partial charge in [-0.1, -0.05) is 25.5 Å². The first kappa shape index (κ1) is 16.7. The zero-order valence-corrected chi connectivity index (χ0v) is 15.9. The third-order valence-electron chi connectivity index (χ3n) is 8.75. The van der Waals surface area contributed by atoms with Crippen molar-refractivity contribution in [3.05, 3.63) is 11.6 Å². The summed E-state index contributed by atoms with van der Waals surface area (Å²) in [5.41, 5.74) is 2.37. The van der Waals surface area contributed by atoms with Gasteiger partial charge in [-0.15, -0.1) is 0 Å². The van der Waals surface area contributed by atoms with Gasteiger partial charge in [0.25, 0.3) is 0 Å². The first-order valence-corrected chi connectivity index (χ1v) is 10.2. The number of fused-ring (bicyclic) bond motifs is 5. The van der Waals surface area contributed by atoms with Crippen molar-refractivity contribution in [2.45, 2.75) is 85.2 Å². The summed E-state index contributed by atoms with van der Waals surface area (Å²) in [6, 6.07) is 0. The Bertz CT molecular complexity index is 564. The van der Waals surface area contributed by atoms with Crippen LogP contribution in [-0.2, 0) is 9.53 Å². The molecule has 0 spiro atoms. The van der Waals surface area contributed by atoms with Gasteiger partial charge in [-0.3, -0.25) is 4.79 Å². The van der Waals surface area contributed by atoms with Crippen LogP contribution in [0, 0.1) is 34.5 Å². The molecule has 0 N–H and O–H groups in total. The normalized spacial score (nSPS) is 50.3. The first-order valence-electron chi connectivity index (χ1n) is 10.2. The quantitative estimate of drug-likeness (QED) is 0.467. The van der Waals surface area contributed by atoms with Gasteiger partial charge in [-0.05, 0) is 87.4 Å². The van der Waals surface area contributed by atoms with Gasteiger partial charge in [0, 0.05) is 12.3 Å². The fourth-order valence-electron chi connectivity index (χ4n) is 7.40. The Morgan fingerprint density at radius 2 is 1.83 bits per heavy atom. The van der Waals surface area contributed by atoms with Gasteiger partial charge >= 0.3 is 5.97 Å². The Morgan fingerprint density at radius 1 is 1.08 bits per heavy atom. The van der Waals surface area contributed by atoms with E-state index in [1.807, 2.05) is 0 Å². The zero-order chi connectivity index (χ0) is 17.1. The van der Waals surface area contributed by atoms with E-state index < -0.39 is 0 Å². The van der Waals surface area contributed by atoms with E-state index in [4.69, 9.17) is 4.74 Å². The molecule has 4 rings (SSSR count). The van der Waals surface area contributed by atoms with Crippen LogP contribution in [0.25, 0.3) is 0 Å². The maximum Gasteiger partial charge on any atom is 0.302 e. The van der Waals surface area contributed by atoms with Crippen LogP contribution in [0.1, 0.15) is 79.1 Å². The van der Waals surface area contributed by atoms with Gasteiger partial charge in [-0.2, -0.15) is 0 Å². The molecular formula is C22H34O2. The van der Waals surface area contributed by atoms with Gasteiger partial charge in [0.2, 0.25) is 0 Å². The molecular weight excluding hydrogens is 296 g/mol. The molecule has 0 saturated heterocycles. The van der Waals surface area contributed by atoms with E-state index >= 15 is 0 Å². The molecule has 3 fully saturated rings. The van der Waals surface area contributed by atoms with Crippen molar-refractivity contribution in [3.63, 3.8) is 0 Å². The molecule has 2 nitrogen and oxygen atoms in total. The monoisotopic (exact) mass is 330 g/mol. The molecule has 2 heteroatoms. The second-order valence-electron chi connectivity index (χ2n) is 9.84. The topological polar surface area (TPSA) is 26.3 Å². The predicted octanol–water partition coefficient (Wildman–Crippen LogP) is 5.52. The highest BCUT2D eigenvalue weighted by atomic mass is 16.5. The first-order chi connectivity index (χ1) is 11.3. The summed E-state index contributed by atoms with van der Waals surface area (Å²) in [5.74, 6) is 3.32. The summed E-state index contributed by atoms with van der Waals surface area (Å²) >= 11 is 0. The van der Waals surface area contributed by atoms with Crippen LogP contribution in [0.5, 0.6) is 0 Å². The predicted molar refractivity (Wildman–Crippen MR) is 96.4 cm³/mol. The molecule has 3 saturated carbocycles. The largest absolute Gasteiger partial charge is 0.462 e. The van der Waals surface area contributed by atoms with Gasteiger partial charge < -0.3 is 4.74 Å². The lowest BCUT2D eigenvalue weighted by Crippen LogP contribution is -2.53. The molecule has 0 aromatic heterocycles. The molecule has 24 heavy (non-hydrogen) atoms. The average molecular weight is 331 g/mol. The Balaban J connectivity index is 1.60. The lowest BCUT2D eigenvalue weighted by molar-refractivity contribution is -0.159. The number of ether oxygens (including phenoxy) is 1. The van der Waals surface area contributed by atoms with Gasteiger partial charge in [0.05, 0.1) is 0 Å². The molecule has 0 aromatic carbocycles. The van der Waals surface area contributed by atoms with E-state index in [1.54, 1.807) is 12.5 Å². The summed E-state index contributed by atoms with van der Waals surface area (Å²) in [6.07, 6.45) is 13.1. The summed E-state index contributed by atoms with van der Waals surface area (Å²) in [5, 5.41) is 0. The average Bonchev–Trinajstić information content (AvgIpc) is 2.84. The summed E-state index contributed by atoms with van der Waals surface area (Å²) in [4.78, 5) is 11.5. The number of hydrogen-bond acceptors (Lipinski definition) is 2. The molecule has 0 aliphatic heterocycles. The summed E-state index contributed by atoms with van der Waals surface area (Å²) < 4.78 is 5.76. The summed E-state index contributed by atoms with van der Waals surface area (Å²) in [7, 11) is 0. The molecule has 0 radical (unpaired) electrons. The van der Waals surface area contributed by atoms with E-state index in [1.165, 1.54) is 44.9 Å². The molecule has 4 aliphatic carbocycles.